The fourth-order valence-corrected chi connectivity index (χ4v) is 1.26. The first-order valence-electron chi connectivity index (χ1n) is 4.08. The van der Waals surface area contributed by atoms with Crippen molar-refractivity contribution in [2.75, 3.05) is 6.61 Å². The highest BCUT2D eigenvalue weighted by atomic mass is 16.4. The van der Waals surface area contributed by atoms with E-state index in [1.807, 2.05) is 24.3 Å². The van der Waals surface area contributed by atoms with Gasteiger partial charge < -0.3 is 14.6 Å². The van der Waals surface area contributed by atoms with Crippen LogP contribution >= 0.6 is 0 Å². The number of hydrogen-bond acceptors (Lipinski definition) is 3. The van der Waals surface area contributed by atoms with Crippen LogP contribution in [0.1, 0.15) is 11.9 Å². The van der Waals surface area contributed by atoms with Crippen LogP contribution in [0.2, 0.25) is 0 Å². The largest absolute Gasteiger partial charge is 0.458 e. The Balaban J connectivity index is 2.49. The van der Waals surface area contributed by atoms with Gasteiger partial charge in [-0.2, -0.15) is 0 Å². The molecule has 0 spiro atoms. The molecule has 0 saturated carbocycles. The van der Waals surface area contributed by atoms with E-state index in [2.05, 4.69) is 0 Å². The van der Waals surface area contributed by atoms with Gasteiger partial charge in [-0.05, 0) is 12.1 Å². The highest BCUT2D eigenvalue weighted by Gasteiger charge is 2.11. The SMILES string of the molecule is OCC(O)c1cc2ccccc2o1. The summed E-state index contributed by atoms with van der Waals surface area (Å²) in [6.07, 6.45) is -0.924. The van der Waals surface area contributed by atoms with Crippen molar-refractivity contribution in [3.05, 3.63) is 36.1 Å². The van der Waals surface area contributed by atoms with E-state index in [1.54, 1.807) is 6.07 Å². The van der Waals surface area contributed by atoms with Crippen molar-refractivity contribution < 1.29 is 14.6 Å². The van der Waals surface area contributed by atoms with E-state index < -0.39 is 6.10 Å². The van der Waals surface area contributed by atoms with Gasteiger partial charge in [0.2, 0.25) is 0 Å². The summed E-state index contributed by atoms with van der Waals surface area (Å²) in [6.45, 7) is -0.320. The van der Waals surface area contributed by atoms with Gasteiger partial charge in [-0.15, -0.1) is 0 Å². The highest BCUT2D eigenvalue weighted by Crippen LogP contribution is 2.23. The zero-order valence-corrected chi connectivity index (χ0v) is 6.97. The fourth-order valence-electron chi connectivity index (χ4n) is 1.26. The van der Waals surface area contributed by atoms with Crippen molar-refractivity contribution in [3.8, 4) is 0 Å². The summed E-state index contributed by atoms with van der Waals surface area (Å²) in [4.78, 5) is 0. The molecule has 3 heteroatoms. The van der Waals surface area contributed by atoms with Crippen LogP contribution < -0.4 is 0 Å². The van der Waals surface area contributed by atoms with E-state index in [0.717, 1.165) is 11.0 Å². The lowest BCUT2D eigenvalue weighted by molar-refractivity contribution is 0.0789. The molecule has 0 aliphatic rings. The average Bonchev–Trinajstić information content (AvgIpc) is 2.59. The van der Waals surface area contributed by atoms with Crippen molar-refractivity contribution in [2.45, 2.75) is 6.10 Å². The minimum atomic E-state index is -0.924. The van der Waals surface area contributed by atoms with Gasteiger partial charge in [0, 0.05) is 5.39 Å². The van der Waals surface area contributed by atoms with Crippen LogP contribution in [0.5, 0.6) is 0 Å². The van der Waals surface area contributed by atoms with Gasteiger partial charge in [-0.25, -0.2) is 0 Å². The Kier molecular flexibility index (Phi) is 2.04. The third-order valence-corrected chi connectivity index (χ3v) is 1.95. The second-order valence-corrected chi connectivity index (χ2v) is 2.88. The average molecular weight is 178 g/mol. The Morgan fingerprint density at radius 1 is 1.31 bits per heavy atom. The number of hydrogen-bond donors (Lipinski definition) is 2. The van der Waals surface area contributed by atoms with Gasteiger partial charge in [-0.3, -0.25) is 0 Å². The maximum Gasteiger partial charge on any atom is 0.136 e. The summed E-state index contributed by atoms with van der Waals surface area (Å²) in [5.41, 5.74) is 0.727. The van der Waals surface area contributed by atoms with Gasteiger partial charge in [-0.1, -0.05) is 18.2 Å². The Morgan fingerprint density at radius 3 is 2.77 bits per heavy atom. The molecule has 0 fully saturated rings. The molecular weight excluding hydrogens is 168 g/mol. The molecule has 1 aromatic heterocycles. The van der Waals surface area contributed by atoms with Crippen molar-refractivity contribution >= 4 is 11.0 Å². The van der Waals surface area contributed by atoms with Crippen LogP contribution in [-0.4, -0.2) is 16.8 Å². The molecule has 2 rings (SSSR count). The Bertz CT molecular complexity index is 372. The first-order chi connectivity index (χ1) is 6.31. The van der Waals surface area contributed by atoms with Gasteiger partial charge in [0.25, 0.3) is 0 Å². The smallest absolute Gasteiger partial charge is 0.136 e. The van der Waals surface area contributed by atoms with Crippen LogP contribution in [0.4, 0.5) is 0 Å². The minimum absolute atomic E-state index is 0.320. The zero-order chi connectivity index (χ0) is 9.26. The number of aliphatic hydroxyl groups excluding tert-OH is 2. The van der Waals surface area contributed by atoms with Gasteiger partial charge in [0.1, 0.15) is 17.4 Å². The molecule has 1 unspecified atom stereocenters. The normalized spacial score (nSPS) is 13.4. The minimum Gasteiger partial charge on any atom is -0.458 e. The van der Waals surface area contributed by atoms with E-state index >= 15 is 0 Å². The molecule has 2 N–H and O–H groups in total. The number of furan rings is 1. The van der Waals surface area contributed by atoms with Crippen LogP contribution in [0.25, 0.3) is 11.0 Å². The maximum absolute atomic E-state index is 9.29. The van der Waals surface area contributed by atoms with Crippen molar-refractivity contribution in [2.24, 2.45) is 0 Å². The molecule has 68 valence electrons. The monoisotopic (exact) mass is 178 g/mol. The number of benzene rings is 1. The van der Waals surface area contributed by atoms with Crippen molar-refractivity contribution in [3.63, 3.8) is 0 Å². The summed E-state index contributed by atoms with van der Waals surface area (Å²) < 4.78 is 5.31. The van der Waals surface area contributed by atoms with Crippen LogP contribution in [0.3, 0.4) is 0 Å². The lowest BCUT2D eigenvalue weighted by Crippen LogP contribution is -1.99. The Morgan fingerprint density at radius 2 is 2.08 bits per heavy atom. The van der Waals surface area contributed by atoms with Gasteiger partial charge >= 0.3 is 0 Å². The van der Waals surface area contributed by atoms with Crippen LogP contribution in [0.15, 0.2) is 34.7 Å². The summed E-state index contributed by atoms with van der Waals surface area (Å²) >= 11 is 0. The second kappa shape index (κ2) is 3.20. The topological polar surface area (TPSA) is 53.6 Å². The molecule has 13 heavy (non-hydrogen) atoms. The lowest BCUT2D eigenvalue weighted by Gasteiger charge is -2.00. The first kappa shape index (κ1) is 8.29. The summed E-state index contributed by atoms with van der Waals surface area (Å²) in [5.74, 6) is 0.406. The van der Waals surface area contributed by atoms with E-state index in [9.17, 15) is 5.11 Å². The lowest BCUT2D eigenvalue weighted by atomic mass is 10.2. The molecule has 1 atom stereocenters. The quantitative estimate of drug-likeness (QED) is 0.731. The summed E-state index contributed by atoms with van der Waals surface area (Å²) in [5, 5.41) is 18.9. The van der Waals surface area contributed by atoms with E-state index in [0.29, 0.717) is 5.76 Å². The van der Waals surface area contributed by atoms with Gasteiger partial charge in [0.15, 0.2) is 0 Å². The van der Waals surface area contributed by atoms with Gasteiger partial charge in [0.05, 0.1) is 6.61 Å². The first-order valence-corrected chi connectivity index (χ1v) is 4.08. The molecule has 3 nitrogen and oxygen atoms in total. The molecule has 0 amide bonds. The molecule has 2 aromatic rings. The maximum atomic E-state index is 9.29. The van der Waals surface area contributed by atoms with Crippen molar-refractivity contribution in [1.29, 1.82) is 0 Å². The van der Waals surface area contributed by atoms with E-state index in [4.69, 9.17) is 9.52 Å². The predicted octanol–water partition coefficient (Wildman–Crippen LogP) is 1.46. The predicted molar refractivity (Wildman–Crippen MR) is 48.3 cm³/mol. The summed E-state index contributed by atoms with van der Waals surface area (Å²) in [7, 11) is 0. The number of aliphatic hydroxyl groups is 2. The number of rotatable bonds is 2. The summed E-state index contributed by atoms with van der Waals surface area (Å²) in [6, 6.07) is 9.21. The Hall–Kier alpha value is -1.32. The number of fused-ring (bicyclic) bond motifs is 1. The molecule has 0 aliphatic heterocycles. The van der Waals surface area contributed by atoms with Crippen LogP contribution in [-0.2, 0) is 0 Å². The highest BCUT2D eigenvalue weighted by molar-refractivity contribution is 5.77. The third-order valence-electron chi connectivity index (χ3n) is 1.95. The van der Waals surface area contributed by atoms with Crippen molar-refractivity contribution in [1.82, 2.24) is 0 Å². The van der Waals surface area contributed by atoms with E-state index in [1.165, 1.54) is 0 Å². The zero-order valence-electron chi connectivity index (χ0n) is 6.97. The third kappa shape index (κ3) is 1.43. The molecule has 1 aromatic carbocycles. The number of para-hydroxylation sites is 1. The molecule has 0 aliphatic carbocycles. The second-order valence-electron chi connectivity index (χ2n) is 2.88. The Labute approximate surface area is 75.2 Å². The van der Waals surface area contributed by atoms with Crippen LogP contribution in [0, 0.1) is 0 Å². The molecule has 1 heterocycles. The standard InChI is InChI=1S/C10H10O3/c11-6-8(12)10-5-7-3-1-2-4-9(7)13-10/h1-5,8,11-12H,6H2. The molecular formula is C10H10O3. The van der Waals surface area contributed by atoms with E-state index in [-0.39, 0.29) is 6.61 Å². The molecule has 0 saturated heterocycles. The molecule has 0 bridgehead atoms. The molecule has 0 radical (unpaired) electrons. The fraction of sp³-hybridized carbons (Fsp3) is 0.200.